The lowest BCUT2D eigenvalue weighted by molar-refractivity contribution is -0.116. The molecule has 0 saturated heterocycles. The van der Waals surface area contributed by atoms with Crippen LogP contribution in [0.5, 0.6) is 0 Å². The maximum absolute atomic E-state index is 11.6. The van der Waals surface area contributed by atoms with E-state index < -0.39 is 0 Å². The van der Waals surface area contributed by atoms with E-state index in [-0.39, 0.29) is 0 Å². The second-order valence-corrected chi connectivity index (χ2v) is 4.26. The molecule has 0 fully saturated rings. The molecule has 0 spiro atoms. The summed E-state index contributed by atoms with van der Waals surface area (Å²) < 4.78 is 5.80. The predicted octanol–water partition coefficient (Wildman–Crippen LogP) is 2.97. The molecule has 2 heteroatoms. The van der Waals surface area contributed by atoms with E-state index in [1.807, 2.05) is 0 Å². The third-order valence-corrected chi connectivity index (χ3v) is 3.10. The van der Waals surface area contributed by atoms with Crippen LogP contribution in [-0.4, -0.2) is 11.9 Å². The molecular weight excluding hydrogens is 176 g/mol. The van der Waals surface area contributed by atoms with Crippen molar-refractivity contribution in [2.45, 2.75) is 58.0 Å². The van der Waals surface area contributed by atoms with Crippen molar-refractivity contribution in [3.05, 3.63) is 11.3 Å². The third kappa shape index (κ3) is 1.84. The first-order valence-electron chi connectivity index (χ1n) is 5.73. The quantitative estimate of drug-likeness (QED) is 0.690. The normalized spacial score (nSPS) is 26.4. The molecule has 0 N–H and O–H groups in total. The molecule has 14 heavy (non-hydrogen) atoms. The Kier molecular flexibility index (Phi) is 2.90. The Morgan fingerprint density at radius 3 is 3.00 bits per heavy atom. The second kappa shape index (κ2) is 4.16. The van der Waals surface area contributed by atoms with E-state index in [2.05, 4.69) is 6.92 Å². The highest BCUT2D eigenvalue weighted by Crippen LogP contribution is 2.35. The van der Waals surface area contributed by atoms with Gasteiger partial charge in [-0.1, -0.05) is 19.8 Å². The summed E-state index contributed by atoms with van der Waals surface area (Å²) in [6, 6.07) is 0. The van der Waals surface area contributed by atoms with Crippen LogP contribution in [0, 0.1) is 0 Å². The van der Waals surface area contributed by atoms with E-state index in [0.29, 0.717) is 11.9 Å². The molecule has 78 valence electrons. The summed E-state index contributed by atoms with van der Waals surface area (Å²) in [4.78, 5) is 11.6. The van der Waals surface area contributed by atoms with E-state index in [0.717, 1.165) is 43.4 Å². The minimum Gasteiger partial charge on any atom is -0.494 e. The number of ether oxygens (including phenoxy) is 1. The van der Waals surface area contributed by atoms with E-state index in [1.54, 1.807) is 0 Å². The molecule has 2 nitrogen and oxygen atoms in total. The summed E-state index contributed by atoms with van der Waals surface area (Å²) in [5.74, 6) is 1.35. The van der Waals surface area contributed by atoms with E-state index in [9.17, 15) is 4.79 Å². The van der Waals surface area contributed by atoms with Crippen molar-refractivity contribution in [1.82, 2.24) is 0 Å². The summed E-state index contributed by atoms with van der Waals surface area (Å²) in [6.45, 7) is 2.19. The summed E-state index contributed by atoms with van der Waals surface area (Å²) in [5.41, 5.74) is 1.01. The molecule has 1 unspecified atom stereocenters. The monoisotopic (exact) mass is 194 g/mol. The fraction of sp³-hybridized carbons (Fsp3) is 0.750. The lowest BCUT2D eigenvalue weighted by Crippen LogP contribution is -2.08. The minimum atomic E-state index is 0.307. The zero-order chi connectivity index (χ0) is 9.97. The standard InChI is InChI=1S/C12H18O2/c1-2-3-5-9-8-10-11(13)6-4-7-12(10)14-9/h9H,2-8H2,1H3. The number of hydrogen-bond donors (Lipinski definition) is 0. The van der Waals surface area contributed by atoms with Crippen molar-refractivity contribution in [2.24, 2.45) is 0 Å². The van der Waals surface area contributed by atoms with Crippen LogP contribution in [0.2, 0.25) is 0 Å². The largest absolute Gasteiger partial charge is 0.494 e. The number of rotatable bonds is 3. The lowest BCUT2D eigenvalue weighted by atomic mass is 9.94. The first-order chi connectivity index (χ1) is 6.81. The summed E-state index contributed by atoms with van der Waals surface area (Å²) in [7, 11) is 0. The number of Topliss-reactive ketones (excluding diaryl/α,β-unsaturated/α-hetero) is 1. The van der Waals surface area contributed by atoms with Crippen LogP contribution in [0.25, 0.3) is 0 Å². The Hall–Kier alpha value is -0.790. The topological polar surface area (TPSA) is 26.3 Å². The molecule has 1 aliphatic carbocycles. The molecule has 2 rings (SSSR count). The van der Waals surface area contributed by atoms with Gasteiger partial charge in [0.05, 0.1) is 0 Å². The number of carbonyl (C=O) groups is 1. The number of carbonyl (C=O) groups excluding carboxylic acids is 1. The van der Waals surface area contributed by atoms with E-state index in [4.69, 9.17) is 4.74 Å². The first kappa shape index (κ1) is 9.75. The highest BCUT2D eigenvalue weighted by Gasteiger charge is 2.31. The van der Waals surface area contributed by atoms with Crippen molar-refractivity contribution in [2.75, 3.05) is 0 Å². The van der Waals surface area contributed by atoms with Crippen LogP contribution in [-0.2, 0) is 9.53 Å². The molecular formula is C12H18O2. The van der Waals surface area contributed by atoms with Gasteiger partial charge in [-0.3, -0.25) is 4.79 Å². The Morgan fingerprint density at radius 1 is 1.43 bits per heavy atom. The maximum atomic E-state index is 11.6. The zero-order valence-electron chi connectivity index (χ0n) is 8.84. The van der Waals surface area contributed by atoms with E-state index in [1.165, 1.54) is 12.8 Å². The third-order valence-electron chi connectivity index (χ3n) is 3.10. The molecule has 0 radical (unpaired) electrons. The molecule has 0 aromatic heterocycles. The predicted molar refractivity (Wildman–Crippen MR) is 54.9 cm³/mol. The number of ketones is 1. The van der Waals surface area contributed by atoms with Gasteiger partial charge < -0.3 is 4.74 Å². The second-order valence-electron chi connectivity index (χ2n) is 4.26. The van der Waals surface area contributed by atoms with Gasteiger partial charge >= 0.3 is 0 Å². The van der Waals surface area contributed by atoms with Crippen LogP contribution >= 0.6 is 0 Å². The van der Waals surface area contributed by atoms with E-state index >= 15 is 0 Å². The molecule has 0 saturated carbocycles. The fourth-order valence-electron chi connectivity index (χ4n) is 2.29. The Bertz CT molecular complexity index is 265. The average molecular weight is 194 g/mol. The molecule has 1 heterocycles. The fourth-order valence-corrected chi connectivity index (χ4v) is 2.29. The average Bonchev–Trinajstić information content (AvgIpc) is 2.59. The van der Waals surface area contributed by atoms with Crippen LogP contribution in [0.4, 0.5) is 0 Å². The SMILES string of the molecule is CCCCC1CC2=C(CCCC2=O)O1. The van der Waals surface area contributed by atoms with Gasteiger partial charge in [0.1, 0.15) is 11.9 Å². The van der Waals surface area contributed by atoms with Crippen molar-refractivity contribution < 1.29 is 9.53 Å². The highest BCUT2D eigenvalue weighted by molar-refractivity contribution is 5.97. The summed E-state index contributed by atoms with van der Waals surface area (Å²) in [6.07, 6.45) is 7.43. The van der Waals surface area contributed by atoms with Gasteiger partial charge in [-0.15, -0.1) is 0 Å². The van der Waals surface area contributed by atoms with Crippen molar-refractivity contribution in [1.29, 1.82) is 0 Å². The Balaban J connectivity index is 1.94. The molecule has 1 atom stereocenters. The lowest BCUT2D eigenvalue weighted by Gasteiger charge is -2.13. The molecule has 0 aromatic rings. The van der Waals surface area contributed by atoms with Gasteiger partial charge in [0.15, 0.2) is 5.78 Å². The zero-order valence-corrected chi connectivity index (χ0v) is 8.84. The van der Waals surface area contributed by atoms with Crippen LogP contribution in [0.1, 0.15) is 51.9 Å². The molecule has 1 aliphatic heterocycles. The molecule has 0 amide bonds. The van der Waals surface area contributed by atoms with Gasteiger partial charge in [0, 0.05) is 24.8 Å². The van der Waals surface area contributed by atoms with Crippen LogP contribution in [0.15, 0.2) is 11.3 Å². The van der Waals surface area contributed by atoms with Gasteiger partial charge in [0.25, 0.3) is 0 Å². The highest BCUT2D eigenvalue weighted by atomic mass is 16.5. The minimum absolute atomic E-state index is 0.307. The van der Waals surface area contributed by atoms with Crippen molar-refractivity contribution in [3.8, 4) is 0 Å². The van der Waals surface area contributed by atoms with Crippen molar-refractivity contribution in [3.63, 3.8) is 0 Å². The molecule has 0 aromatic carbocycles. The number of hydrogen-bond acceptors (Lipinski definition) is 2. The van der Waals surface area contributed by atoms with Gasteiger partial charge in [-0.2, -0.15) is 0 Å². The summed E-state index contributed by atoms with van der Waals surface area (Å²) >= 11 is 0. The smallest absolute Gasteiger partial charge is 0.162 e. The summed E-state index contributed by atoms with van der Waals surface area (Å²) in [5, 5.41) is 0. The Labute approximate surface area is 85.3 Å². The molecule has 0 bridgehead atoms. The van der Waals surface area contributed by atoms with Crippen LogP contribution < -0.4 is 0 Å². The number of allylic oxidation sites excluding steroid dienone is 1. The Morgan fingerprint density at radius 2 is 2.29 bits per heavy atom. The van der Waals surface area contributed by atoms with Crippen LogP contribution in [0.3, 0.4) is 0 Å². The van der Waals surface area contributed by atoms with Crippen molar-refractivity contribution >= 4 is 5.78 Å². The first-order valence-corrected chi connectivity index (χ1v) is 5.73. The van der Waals surface area contributed by atoms with Gasteiger partial charge in [-0.25, -0.2) is 0 Å². The molecule has 2 aliphatic rings. The number of unbranched alkanes of at least 4 members (excludes halogenated alkanes) is 1. The van der Waals surface area contributed by atoms with Gasteiger partial charge in [0.2, 0.25) is 0 Å². The van der Waals surface area contributed by atoms with Gasteiger partial charge in [-0.05, 0) is 12.8 Å². The maximum Gasteiger partial charge on any atom is 0.162 e.